The number of hydrazone groups is 1. The van der Waals surface area contributed by atoms with E-state index in [2.05, 4.69) is 20.6 Å². The number of para-hydroxylation sites is 2. The van der Waals surface area contributed by atoms with Crippen molar-refractivity contribution in [3.8, 4) is 5.69 Å². The van der Waals surface area contributed by atoms with Crippen molar-refractivity contribution in [1.82, 2.24) is 14.8 Å². The van der Waals surface area contributed by atoms with Crippen LogP contribution < -0.4 is 11.0 Å². The number of rotatable bonds is 4. The number of benzene rings is 2. The van der Waals surface area contributed by atoms with Crippen LogP contribution in [0.15, 0.2) is 70.6 Å². The lowest BCUT2D eigenvalue weighted by Crippen LogP contribution is -2.17. The summed E-state index contributed by atoms with van der Waals surface area (Å²) in [4.78, 5) is 17.2. The highest BCUT2D eigenvalue weighted by molar-refractivity contribution is 5.84. The Morgan fingerprint density at radius 1 is 1.07 bits per heavy atom. The van der Waals surface area contributed by atoms with E-state index in [1.165, 1.54) is 10.9 Å². The smallest absolute Gasteiger partial charge is 0.280 e. The number of pyridine rings is 1. The molecule has 0 fully saturated rings. The summed E-state index contributed by atoms with van der Waals surface area (Å²) in [6.07, 6.45) is 1.53. The molecule has 0 amide bonds. The molecule has 4 rings (SSSR count). The Hall–Kier alpha value is -3.67. The van der Waals surface area contributed by atoms with Crippen molar-refractivity contribution in [1.29, 1.82) is 0 Å². The highest BCUT2D eigenvalue weighted by Gasteiger charge is 2.10. The van der Waals surface area contributed by atoms with E-state index in [1.54, 1.807) is 0 Å². The molecule has 2 aromatic heterocycles. The van der Waals surface area contributed by atoms with E-state index in [9.17, 15) is 4.79 Å². The summed E-state index contributed by atoms with van der Waals surface area (Å²) in [6.45, 7) is 3.88. The van der Waals surface area contributed by atoms with Crippen molar-refractivity contribution in [2.45, 2.75) is 13.8 Å². The van der Waals surface area contributed by atoms with Crippen molar-refractivity contribution in [2.75, 3.05) is 5.43 Å². The lowest BCUT2D eigenvalue weighted by atomic mass is 10.1. The molecule has 2 aromatic carbocycles. The lowest BCUT2D eigenvalue weighted by molar-refractivity contribution is 0.835. The summed E-state index contributed by atoms with van der Waals surface area (Å²) in [5.41, 5.74) is 6.83. The van der Waals surface area contributed by atoms with E-state index in [4.69, 9.17) is 0 Å². The van der Waals surface area contributed by atoms with Crippen LogP contribution in [-0.4, -0.2) is 21.0 Å². The Morgan fingerprint density at radius 2 is 1.81 bits per heavy atom. The number of aromatic amines is 1. The zero-order valence-corrected chi connectivity index (χ0v) is 15.1. The van der Waals surface area contributed by atoms with Crippen LogP contribution in [0.3, 0.4) is 0 Å². The zero-order valence-electron chi connectivity index (χ0n) is 15.1. The van der Waals surface area contributed by atoms with Gasteiger partial charge in [0.2, 0.25) is 0 Å². The topological polar surface area (TPSA) is 75.1 Å². The second-order valence-electron chi connectivity index (χ2n) is 6.34. The van der Waals surface area contributed by atoms with Gasteiger partial charge in [0, 0.05) is 11.1 Å². The fourth-order valence-electron chi connectivity index (χ4n) is 3.04. The molecule has 0 saturated carbocycles. The van der Waals surface area contributed by atoms with Gasteiger partial charge in [-0.2, -0.15) is 5.10 Å². The lowest BCUT2D eigenvalue weighted by Gasteiger charge is -2.05. The molecular weight excluding hydrogens is 338 g/mol. The van der Waals surface area contributed by atoms with Crippen molar-refractivity contribution in [2.24, 2.45) is 5.10 Å². The number of aryl methyl sites for hydroxylation is 2. The maximum Gasteiger partial charge on any atom is 0.280 e. The van der Waals surface area contributed by atoms with Gasteiger partial charge in [-0.15, -0.1) is 0 Å². The highest BCUT2D eigenvalue weighted by atomic mass is 16.1. The number of aromatic nitrogens is 3. The molecule has 0 aliphatic carbocycles. The minimum atomic E-state index is -0.146. The summed E-state index contributed by atoms with van der Waals surface area (Å²) in [5, 5.41) is 8.41. The molecule has 6 heteroatoms. The Bertz CT molecular complexity index is 1190. The van der Waals surface area contributed by atoms with Gasteiger partial charge < -0.3 is 0 Å². The van der Waals surface area contributed by atoms with E-state index >= 15 is 0 Å². The monoisotopic (exact) mass is 357 g/mol. The van der Waals surface area contributed by atoms with Crippen LogP contribution in [0, 0.1) is 13.8 Å². The fourth-order valence-corrected chi connectivity index (χ4v) is 3.04. The Morgan fingerprint density at radius 3 is 2.63 bits per heavy atom. The summed E-state index contributed by atoms with van der Waals surface area (Å²) < 4.78 is 1.51. The van der Waals surface area contributed by atoms with Gasteiger partial charge in [0.25, 0.3) is 5.56 Å². The molecule has 4 aromatic rings. The predicted octanol–water partition coefficient (Wildman–Crippen LogP) is 3.78. The maximum atomic E-state index is 12.7. The fraction of sp³-hybridized carbons (Fsp3) is 0.0952. The molecule has 0 unspecified atom stereocenters. The average Bonchev–Trinajstić information content (AvgIpc) is 2.97. The molecule has 6 nitrogen and oxygen atoms in total. The van der Waals surface area contributed by atoms with Crippen LogP contribution in [0.4, 0.5) is 5.82 Å². The maximum absolute atomic E-state index is 12.7. The summed E-state index contributed by atoms with van der Waals surface area (Å²) >= 11 is 0. The van der Waals surface area contributed by atoms with Gasteiger partial charge in [-0.25, -0.2) is 9.67 Å². The second-order valence-corrected chi connectivity index (χ2v) is 6.34. The number of fused-ring (bicyclic) bond motifs is 1. The van der Waals surface area contributed by atoms with E-state index in [-0.39, 0.29) is 5.56 Å². The zero-order chi connectivity index (χ0) is 18.8. The van der Waals surface area contributed by atoms with Gasteiger partial charge >= 0.3 is 0 Å². The first-order chi connectivity index (χ1) is 13.1. The number of H-pyrrole nitrogens is 1. The molecule has 0 saturated heterocycles. The van der Waals surface area contributed by atoms with Crippen LogP contribution in [0.25, 0.3) is 16.6 Å². The minimum absolute atomic E-state index is 0.146. The van der Waals surface area contributed by atoms with Crippen molar-refractivity contribution < 1.29 is 0 Å². The Kier molecular flexibility index (Phi) is 4.30. The Balaban J connectivity index is 1.61. The third-order valence-electron chi connectivity index (χ3n) is 4.43. The van der Waals surface area contributed by atoms with Crippen LogP contribution >= 0.6 is 0 Å². The largest absolute Gasteiger partial charge is 0.295 e. The third-order valence-corrected chi connectivity index (χ3v) is 4.43. The summed E-state index contributed by atoms with van der Waals surface area (Å²) in [6, 6.07) is 19.3. The van der Waals surface area contributed by atoms with Gasteiger partial charge in [-0.3, -0.25) is 15.3 Å². The summed E-state index contributed by atoms with van der Waals surface area (Å²) in [5.74, 6) is 0.638. The first-order valence-electron chi connectivity index (χ1n) is 8.66. The van der Waals surface area contributed by atoms with Gasteiger partial charge in [-0.1, -0.05) is 36.4 Å². The molecule has 0 spiro atoms. The number of anilines is 1. The number of nitrogens with zero attached hydrogens (tertiary/aromatic N) is 3. The minimum Gasteiger partial charge on any atom is -0.295 e. The number of hydrogen-bond acceptors (Lipinski definition) is 4. The first-order valence-corrected chi connectivity index (χ1v) is 8.66. The first kappa shape index (κ1) is 16.8. The van der Waals surface area contributed by atoms with Crippen LogP contribution in [0.5, 0.6) is 0 Å². The highest BCUT2D eigenvalue weighted by Crippen LogP contribution is 2.19. The van der Waals surface area contributed by atoms with Gasteiger partial charge in [0.15, 0.2) is 0 Å². The molecule has 2 heterocycles. The normalized spacial score (nSPS) is 11.3. The van der Waals surface area contributed by atoms with E-state index < -0.39 is 0 Å². The van der Waals surface area contributed by atoms with Crippen LogP contribution in [0.1, 0.15) is 16.8 Å². The molecule has 0 atom stereocenters. The molecule has 2 N–H and O–H groups in total. The molecule has 0 aliphatic rings. The van der Waals surface area contributed by atoms with Gasteiger partial charge in [0.1, 0.15) is 5.82 Å². The molecule has 0 bridgehead atoms. The average molecular weight is 357 g/mol. The second kappa shape index (κ2) is 6.92. The van der Waals surface area contributed by atoms with E-state index in [1.807, 2.05) is 74.5 Å². The number of nitrogens with one attached hydrogen (secondary N) is 2. The van der Waals surface area contributed by atoms with Crippen LogP contribution in [0.2, 0.25) is 0 Å². The van der Waals surface area contributed by atoms with Crippen molar-refractivity contribution >= 4 is 22.9 Å². The molecule has 134 valence electrons. The molecule has 27 heavy (non-hydrogen) atoms. The third kappa shape index (κ3) is 3.25. The standard InChI is InChI=1S/C21H19N5O/c1-14-12-20(23-19-11-7-6-10-17(14)19)24-22-13-18-15(2)25-26(21(18)27)16-8-4-3-5-9-16/h3-13,25H,1-2H3,(H,23,24). The Labute approximate surface area is 156 Å². The quantitative estimate of drug-likeness (QED) is 0.431. The van der Waals surface area contributed by atoms with E-state index in [0.29, 0.717) is 11.4 Å². The predicted molar refractivity (Wildman–Crippen MR) is 109 cm³/mol. The van der Waals surface area contributed by atoms with E-state index in [0.717, 1.165) is 27.8 Å². The van der Waals surface area contributed by atoms with Crippen molar-refractivity contribution in [3.63, 3.8) is 0 Å². The molecular formula is C21H19N5O. The van der Waals surface area contributed by atoms with Gasteiger partial charge in [-0.05, 0) is 43.7 Å². The van der Waals surface area contributed by atoms with Crippen molar-refractivity contribution in [3.05, 3.63) is 87.8 Å². The molecule has 0 aliphatic heterocycles. The summed E-state index contributed by atoms with van der Waals surface area (Å²) in [7, 11) is 0. The number of hydrogen-bond donors (Lipinski definition) is 2. The van der Waals surface area contributed by atoms with Gasteiger partial charge in [0.05, 0.1) is 23.0 Å². The van der Waals surface area contributed by atoms with Crippen LogP contribution in [-0.2, 0) is 0 Å². The molecule has 0 radical (unpaired) electrons. The SMILES string of the molecule is Cc1[nH]n(-c2ccccc2)c(=O)c1C=NNc1cc(C)c2ccccc2n1.